The molecule has 3 amide bonds. The van der Waals surface area contributed by atoms with E-state index in [4.69, 9.17) is 10.5 Å². The average Bonchev–Trinajstić information content (AvgIpc) is 2.88. The third-order valence-corrected chi connectivity index (χ3v) is 4.79. The Kier molecular flexibility index (Phi) is 4.66. The summed E-state index contributed by atoms with van der Waals surface area (Å²) in [5.74, 6) is -0.302. The number of anilines is 2. The van der Waals surface area contributed by atoms with Crippen molar-refractivity contribution in [1.82, 2.24) is 0 Å². The second-order valence-corrected chi connectivity index (χ2v) is 6.60. The van der Waals surface area contributed by atoms with Gasteiger partial charge in [-0.1, -0.05) is 13.3 Å². The highest BCUT2D eigenvalue weighted by Gasteiger charge is 2.54. The number of nitriles is 2. The predicted octanol–water partition coefficient (Wildman–Crippen LogP) is 3.96. The lowest BCUT2D eigenvalue weighted by molar-refractivity contribution is -0.121. The number of hydrogen-bond donors (Lipinski definition) is 0. The lowest BCUT2D eigenvalue weighted by Gasteiger charge is -2.31. The lowest BCUT2D eigenvalue weighted by Crippen LogP contribution is -2.47. The van der Waals surface area contributed by atoms with Gasteiger partial charge in [-0.3, -0.25) is 9.69 Å². The van der Waals surface area contributed by atoms with Crippen LogP contribution in [0.4, 0.5) is 16.2 Å². The first-order valence-electron chi connectivity index (χ1n) is 8.65. The molecule has 6 nitrogen and oxygen atoms in total. The van der Waals surface area contributed by atoms with Gasteiger partial charge < -0.3 is 0 Å². The van der Waals surface area contributed by atoms with Crippen molar-refractivity contribution in [1.29, 1.82) is 10.5 Å². The Balaban J connectivity index is 2.08. The maximum Gasteiger partial charge on any atom is 0.336 e. The summed E-state index contributed by atoms with van der Waals surface area (Å²) in [5.41, 5.74) is 0.923. The van der Waals surface area contributed by atoms with E-state index in [2.05, 4.69) is 0 Å². The van der Waals surface area contributed by atoms with Gasteiger partial charge in [0.25, 0.3) is 5.91 Å². The molecule has 1 atom stereocenters. The lowest BCUT2D eigenvalue weighted by atomic mass is 9.93. The van der Waals surface area contributed by atoms with Gasteiger partial charge in [0.05, 0.1) is 29.0 Å². The molecule has 6 heteroatoms. The Morgan fingerprint density at radius 3 is 1.81 bits per heavy atom. The Hall–Kier alpha value is -3.64. The van der Waals surface area contributed by atoms with Crippen LogP contribution in [0.5, 0.6) is 0 Å². The molecule has 1 unspecified atom stereocenters. The van der Waals surface area contributed by atoms with Gasteiger partial charge in [0, 0.05) is 5.69 Å². The molecule has 2 aromatic rings. The highest BCUT2D eigenvalue weighted by atomic mass is 16.2. The minimum atomic E-state index is -1.02. The molecule has 0 aliphatic carbocycles. The number of imide groups is 1. The molecule has 0 spiro atoms. The third-order valence-electron chi connectivity index (χ3n) is 4.79. The van der Waals surface area contributed by atoms with Gasteiger partial charge in [-0.25, -0.2) is 9.69 Å². The number of urea groups is 1. The standard InChI is InChI=1S/C21H18N4O2/c1-3-12-21(2)19(26)24(17-8-4-15(13-22)5-9-17)20(27)25(21)18-10-6-16(14-23)7-11-18/h4-11H,3,12H2,1-2H3. The second kappa shape index (κ2) is 6.93. The molecular formula is C21H18N4O2. The summed E-state index contributed by atoms with van der Waals surface area (Å²) in [6, 6.07) is 16.6. The molecule has 27 heavy (non-hydrogen) atoms. The van der Waals surface area contributed by atoms with Gasteiger partial charge in [-0.2, -0.15) is 10.5 Å². The first-order chi connectivity index (χ1) is 13.0. The molecule has 134 valence electrons. The third kappa shape index (κ3) is 2.92. The molecule has 1 saturated heterocycles. The first kappa shape index (κ1) is 18.2. The monoisotopic (exact) mass is 358 g/mol. The number of hydrogen-bond acceptors (Lipinski definition) is 4. The van der Waals surface area contributed by atoms with Gasteiger partial charge in [0.2, 0.25) is 0 Å². The molecule has 0 bridgehead atoms. The van der Waals surface area contributed by atoms with E-state index in [1.807, 2.05) is 19.1 Å². The van der Waals surface area contributed by atoms with Gasteiger partial charge in [-0.15, -0.1) is 0 Å². The van der Waals surface area contributed by atoms with Crippen LogP contribution in [0.2, 0.25) is 0 Å². The second-order valence-electron chi connectivity index (χ2n) is 6.60. The molecule has 1 aliphatic rings. The number of nitrogens with zero attached hydrogens (tertiary/aromatic N) is 4. The fourth-order valence-electron chi connectivity index (χ4n) is 3.43. The predicted molar refractivity (Wildman–Crippen MR) is 101 cm³/mol. The molecular weight excluding hydrogens is 340 g/mol. The van der Waals surface area contributed by atoms with E-state index >= 15 is 0 Å². The summed E-state index contributed by atoms with van der Waals surface area (Å²) in [6.07, 6.45) is 1.23. The van der Waals surface area contributed by atoms with Gasteiger partial charge >= 0.3 is 6.03 Å². The maximum absolute atomic E-state index is 13.2. The van der Waals surface area contributed by atoms with Crippen molar-refractivity contribution in [2.75, 3.05) is 9.80 Å². The van der Waals surface area contributed by atoms with Crippen molar-refractivity contribution >= 4 is 23.3 Å². The number of carbonyl (C=O) groups is 2. The highest BCUT2D eigenvalue weighted by Crippen LogP contribution is 2.38. The van der Waals surface area contributed by atoms with E-state index in [0.29, 0.717) is 28.9 Å². The van der Waals surface area contributed by atoms with Crippen molar-refractivity contribution in [3.8, 4) is 12.1 Å². The van der Waals surface area contributed by atoms with Crippen LogP contribution in [0.1, 0.15) is 37.8 Å². The minimum absolute atomic E-state index is 0.302. The molecule has 0 radical (unpaired) electrons. The Labute approximate surface area is 157 Å². The van der Waals surface area contributed by atoms with Crippen molar-refractivity contribution in [3.63, 3.8) is 0 Å². The van der Waals surface area contributed by atoms with E-state index in [1.54, 1.807) is 55.5 Å². The van der Waals surface area contributed by atoms with Gasteiger partial charge in [0.15, 0.2) is 0 Å². The van der Waals surface area contributed by atoms with Crippen LogP contribution in [0, 0.1) is 22.7 Å². The zero-order chi connectivity index (χ0) is 19.6. The molecule has 1 fully saturated rings. The SMILES string of the molecule is CCCC1(C)C(=O)N(c2ccc(C#N)cc2)C(=O)N1c1ccc(C#N)cc1. The van der Waals surface area contributed by atoms with Crippen LogP contribution in [-0.4, -0.2) is 17.5 Å². The molecule has 0 aromatic heterocycles. The molecule has 2 aromatic carbocycles. The fraction of sp³-hybridized carbons (Fsp3) is 0.238. The van der Waals surface area contributed by atoms with E-state index in [1.165, 1.54) is 4.90 Å². The summed E-state index contributed by atoms with van der Waals surface area (Å²) >= 11 is 0. The molecule has 0 N–H and O–H groups in total. The highest BCUT2D eigenvalue weighted by molar-refractivity contribution is 6.30. The van der Waals surface area contributed by atoms with Crippen LogP contribution in [0.25, 0.3) is 0 Å². The van der Waals surface area contributed by atoms with Crippen LogP contribution in [0.15, 0.2) is 48.5 Å². The van der Waals surface area contributed by atoms with Crippen molar-refractivity contribution in [2.45, 2.75) is 32.2 Å². The summed E-state index contributed by atoms with van der Waals surface area (Å²) < 4.78 is 0. The van der Waals surface area contributed by atoms with Crippen LogP contribution in [0.3, 0.4) is 0 Å². The van der Waals surface area contributed by atoms with Gasteiger partial charge in [-0.05, 0) is 61.9 Å². The molecule has 3 rings (SSSR count). The van der Waals surface area contributed by atoms with Crippen LogP contribution >= 0.6 is 0 Å². The summed E-state index contributed by atoms with van der Waals surface area (Å²) in [6.45, 7) is 3.73. The Morgan fingerprint density at radius 1 is 0.889 bits per heavy atom. The minimum Gasteiger partial charge on any atom is -0.279 e. The first-order valence-corrected chi connectivity index (χ1v) is 8.65. The number of benzene rings is 2. The zero-order valence-electron chi connectivity index (χ0n) is 15.1. The summed E-state index contributed by atoms with van der Waals surface area (Å²) in [7, 11) is 0. The number of carbonyl (C=O) groups excluding carboxylic acids is 2. The molecule has 1 heterocycles. The van der Waals surface area contributed by atoms with E-state index < -0.39 is 11.6 Å². The smallest absolute Gasteiger partial charge is 0.279 e. The van der Waals surface area contributed by atoms with Gasteiger partial charge in [0.1, 0.15) is 5.54 Å². The van der Waals surface area contributed by atoms with E-state index in [-0.39, 0.29) is 5.91 Å². The Bertz CT molecular complexity index is 967. The largest absolute Gasteiger partial charge is 0.336 e. The summed E-state index contributed by atoms with van der Waals surface area (Å²) in [5, 5.41) is 17.9. The zero-order valence-corrected chi connectivity index (χ0v) is 15.1. The van der Waals surface area contributed by atoms with Crippen LogP contribution in [-0.2, 0) is 4.79 Å². The van der Waals surface area contributed by atoms with Crippen molar-refractivity contribution in [2.24, 2.45) is 0 Å². The fourth-order valence-corrected chi connectivity index (χ4v) is 3.43. The molecule has 1 aliphatic heterocycles. The normalized spacial score (nSPS) is 19.1. The van der Waals surface area contributed by atoms with E-state index in [9.17, 15) is 9.59 Å². The van der Waals surface area contributed by atoms with Crippen molar-refractivity contribution in [3.05, 3.63) is 59.7 Å². The quantitative estimate of drug-likeness (QED) is 0.774. The number of rotatable bonds is 4. The summed E-state index contributed by atoms with van der Waals surface area (Å²) in [4.78, 5) is 29.1. The topological polar surface area (TPSA) is 88.2 Å². The number of amides is 3. The van der Waals surface area contributed by atoms with E-state index in [0.717, 1.165) is 11.3 Å². The maximum atomic E-state index is 13.2. The average molecular weight is 358 g/mol. The van der Waals surface area contributed by atoms with Crippen molar-refractivity contribution < 1.29 is 9.59 Å². The van der Waals surface area contributed by atoms with Crippen LogP contribution < -0.4 is 9.80 Å². The Morgan fingerprint density at radius 2 is 1.37 bits per heavy atom. The molecule has 0 saturated carbocycles.